The molecule has 20 heavy (non-hydrogen) atoms. The highest BCUT2D eigenvalue weighted by Crippen LogP contribution is 2.26. The normalized spacial score (nSPS) is 18.7. The molecule has 0 saturated heterocycles. The van der Waals surface area contributed by atoms with Crippen molar-refractivity contribution < 1.29 is 9.59 Å². The molecule has 3 rings (SSSR count). The second-order valence-corrected chi connectivity index (χ2v) is 5.14. The van der Waals surface area contributed by atoms with Gasteiger partial charge in [-0.25, -0.2) is 5.43 Å². The molecule has 2 aliphatic rings. The first-order valence-electron chi connectivity index (χ1n) is 7.01. The summed E-state index contributed by atoms with van der Waals surface area (Å²) in [5, 5.41) is 3.92. The van der Waals surface area contributed by atoms with Crippen LogP contribution in [0.2, 0.25) is 0 Å². The van der Waals surface area contributed by atoms with Gasteiger partial charge in [0.2, 0.25) is 5.91 Å². The summed E-state index contributed by atoms with van der Waals surface area (Å²) >= 11 is 0. The molecule has 1 N–H and O–H groups in total. The molecule has 2 amide bonds. The van der Waals surface area contributed by atoms with Crippen molar-refractivity contribution in [2.75, 3.05) is 11.4 Å². The van der Waals surface area contributed by atoms with Crippen LogP contribution in [0.5, 0.6) is 0 Å². The summed E-state index contributed by atoms with van der Waals surface area (Å²) in [6, 6.07) is 8.02. The third-order valence-electron chi connectivity index (χ3n) is 3.76. The first kappa shape index (κ1) is 12.8. The van der Waals surface area contributed by atoms with E-state index in [4.69, 9.17) is 0 Å². The standard InChI is InChI=1S/C15H17N3O2/c19-14-9-8-12(16-17-14)15(20)18-10-4-3-6-11-5-1-2-7-13(11)18/h1-2,5,7H,3-4,6,8-10H2,(H,17,19). The Hall–Kier alpha value is -2.17. The van der Waals surface area contributed by atoms with Crippen LogP contribution in [-0.4, -0.2) is 24.1 Å². The maximum Gasteiger partial charge on any atom is 0.274 e. The molecule has 1 aromatic carbocycles. The summed E-state index contributed by atoms with van der Waals surface area (Å²) < 4.78 is 0. The van der Waals surface area contributed by atoms with Gasteiger partial charge in [0.05, 0.1) is 0 Å². The van der Waals surface area contributed by atoms with Crippen LogP contribution in [0.15, 0.2) is 29.4 Å². The molecule has 0 aliphatic carbocycles. The number of nitrogens with one attached hydrogen (secondary N) is 1. The van der Waals surface area contributed by atoms with Crippen LogP contribution in [0.4, 0.5) is 5.69 Å². The Labute approximate surface area is 117 Å². The Bertz CT molecular complexity index is 580. The summed E-state index contributed by atoms with van der Waals surface area (Å²) in [5.41, 5.74) is 5.03. The Morgan fingerprint density at radius 3 is 2.80 bits per heavy atom. The van der Waals surface area contributed by atoms with E-state index >= 15 is 0 Å². The molecule has 0 radical (unpaired) electrons. The number of aryl methyl sites for hydroxylation is 1. The maximum atomic E-state index is 12.6. The second-order valence-electron chi connectivity index (χ2n) is 5.14. The van der Waals surface area contributed by atoms with E-state index in [0.29, 0.717) is 25.1 Å². The largest absolute Gasteiger partial charge is 0.307 e. The monoisotopic (exact) mass is 271 g/mol. The molecular weight excluding hydrogens is 254 g/mol. The lowest BCUT2D eigenvalue weighted by molar-refractivity contribution is -0.121. The molecule has 0 aromatic heterocycles. The predicted octanol–water partition coefficient (Wildman–Crippen LogP) is 1.62. The highest BCUT2D eigenvalue weighted by atomic mass is 16.2. The number of nitrogens with zero attached hydrogens (tertiary/aromatic N) is 2. The van der Waals surface area contributed by atoms with Crippen LogP contribution >= 0.6 is 0 Å². The number of hydrogen-bond acceptors (Lipinski definition) is 3. The lowest BCUT2D eigenvalue weighted by Crippen LogP contribution is -2.40. The minimum atomic E-state index is -0.127. The highest BCUT2D eigenvalue weighted by molar-refractivity contribution is 6.44. The van der Waals surface area contributed by atoms with E-state index in [1.165, 1.54) is 5.56 Å². The predicted molar refractivity (Wildman–Crippen MR) is 76.5 cm³/mol. The third kappa shape index (κ3) is 2.43. The van der Waals surface area contributed by atoms with Crippen molar-refractivity contribution in [2.24, 2.45) is 5.10 Å². The summed E-state index contributed by atoms with van der Waals surface area (Å²) in [4.78, 5) is 25.5. The zero-order chi connectivity index (χ0) is 13.9. The van der Waals surface area contributed by atoms with Gasteiger partial charge >= 0.3 is 0 Å². The minimum Gasteiger partial charge on any atom is -0.307 e. The van der Waals surface area contributed by atoms with Crippen LogP contribution in [-0.2, 0) is 16.0 Å². The smallest absolute Gasteiger partial charge is 0.274 e. The minimum absolute atomic E-state index is 0.0839. The average molecular weight is 271 g/mol. The second kappa shape index (κ2) is 5.45. The molecule has 0 fully saturated rings. The van der Waals surface area contributed by atoms with E-state index in [1.807, 2.05) is 18.2 Å². The van der Waals surface area contributed by atoms with E-state index in [0.717, 1.165) is 24.9 Å². The Morgan fingerprint density at radius 1 is 1.15 bits per heavy atom. The van der Waals surface area contributed by atoms with E-state index in [1.54, 1.807) is 4.90 Å². The maximum absolute atomic E-state index is 12.6. The van der Waals surface area contributed by atoms with Gasteiger partial charge < -0.3 is 4.90 Å². The molecule has 0 bridgehead atoms. The highest BCUT2D eigenvalue weighted by Gasteiger charge is 2.26. The zero-order valence-corrected chi connectivity index (χ0v) is 11.3. The topological polar surface area (TPSA) is 61.8 Å². The van der Waals surface area contributed by atoms with Gasteiger partial charge in [-0.2, -0.15) is 5.10 Å². The van der Waals surface area contributed by atoms with Crippen LogP contribution < -0.4 is 10.3 Å². The van der Waals surface area contributed by atoms with Gasteiger partial charge in [0, 0.05) is 25.1 Å². The summed E-state index contributed by atoms with van der Waals surface area (Å²) in [6.45, 7) is 0.711. The number of benzene rings is 1. The number of anilines is 1. The van der Waals surface area contributed by atoms with Gasteiger partial charge in [-0.05, 0) is 30.9 Å². The molecule has 2 aliphatic heterocycles. The summed E-state index contributed by atoms with van der Waals surface area (Å²) in [7, 11) is 0. The number of amides is 2. The fourth-order valence-corrected chi connectivity index (χ4v) is 2.69. The SMILES string of the molecule is O=C1CCC(C(=O)N2CCCCc3ccccc32)=NN1. The Balaban J connectivity index is 1.89. The molecule has 1 aromatic rings. The number of fused-ring (bicyclic) bond motifs is 1. The summed E-state index contributed by atoms with van der Waals surface area (Å²) in [5.74, 6) is -0.211. The summed E-state index contributed by atoms with van der Waals surface area (Å²) in [6.07, 6.45) is 3.83. The van der Waals surface area contributed by atoms with Crippen molar-refractivity contribution in [3.8, 4) is 0 Å². The van der Waals surface area contributed by atoms with Crippen molar-refractivity contribution in [3.63, 3.8) is 0 Å². The first-order valence-corrected chi connectivity index (χ1v) is 7.01. The number of carbonyl (C=O) groups is 2. The molecule has 0 saturated carbocycles. The average Bonchev–Trinajstić information content (AvgIpc) is 2.69. The van der Waals surface area contributed by atoms with Crippen molar-refractivity contribution in [1.29, 1.82) is 0 Å². The van der Waals surface area contributed by atoms with Crippen molar-refractivity contribution >= 4 is 23.2 Å². The molecule has 0 unspecified atom stereocenters. The number of carbonyl (C=O) groups excluding carboxylic acids is 2. The van der Waals surface area contributed by atoms with Gasteiger partial charge in [-0.1, -0.05) is 18.2 Å². The quantitative estimate of drug-likeness (QED) is 0.843. The van der Waals surface area contributed by atoms with E-state index in [9.17, 15) is 9.59 Å². The fourth-order valence-electron chi connectivity index (χ4n) is 2.69. The Morgan fingerprint density at radius 2 is 2.00 bits per heavy atom. The number of para-hydroxylation sites is 1. The third-order valence-corrected chi connectivity index (χ3v) is 3.76. The van der Waals surface area contributed by atoms with Crippen LogP contribution in [0.25, 0.3) is 0 Å². The molecule has 104 valence electrons. The van der Waals surface area contributed by atoms with Gasteiger partial charge in [0.1, 0.15) is 5.71 Å². The van der Waals surface area contributed by atoms with Gasteiger partial charge in [-0.15, -0.1) is 0 Å². The van der Waals surface area contributed by atoms with E-state index in [2.05, 4.69) is 16.6 Å². The number of hydrogen-bond donors (Lipinski definition) is 1. The van der Waals surface area contributed by atoms with Crippen LogP contribution in [0.3, 0.4) is 0 Å². The van der Waals surface area contributed by atoms with Crippen molar-refractivity contribution in [1.82, 2.24) is 5.43 Å². The van der Waals surface area contributed by atoms with Gasteiger partial charge in [0.25, 0.3) is 5.91 Å². The fraction of sp³-hybridized carbons (Fsp3) is 0.400. The zero-order valence-electron chi connectivity index (χ0n) is 11.3. The number of hydrazone groups is 1. The van der Waals surface area contributed by atoms with Crippen LogP contribution in [0, 0.1) is 0 Å². The van der Waals surface area contributed by atoms with Gasteiger partial charge in [0.15, 0.2) is 0 Å². The van der Waals surface area contributed by atoms with Crippen molar-refractivity contribution in [2.45, 2.75) is 32.1 Å². The lowest BCUT2D eigenvalue weighted by Gasteiger charge is -2.24. The molecule has 0 atom stereocenters. The molecule has 0 spiro atoms. The molecule has 5 heteroatoms. The lowest BCUT2D eigenvalue weighted by atomic mass is 10.1. The van der Waals surface area contributed by atoms with Crippen molar-refractivity contribution in [3.05, 3.63) is 29.8 Å². The first-order chi connectivity index (χ1) is 9.75. The van der Waals surface area contributed by atoms with Crippen LogP contribution in [0.1, 0.15) is 31.2 Å². The van der Waals surface area contributed by atoms with Gasteiger partial charge in [-0.3, -0.25) is 9.59 Å². The van der Waals surface area contributed by atoms with E-state index < -0.39 is 0 Å². The Kier molecular flexibility index (Phi) is 3.50. The van der Waals surface area contributed by atoms with E-state index in [-0.39, 0.29) is 11.8 Å². The molecule has 2 heterocycles. The number of rotatable bonds is 1. The molecular formula is C15H17N3O2. The molecule has 5 nitrogen and oxygen atoms in total.